The van der Waals surface area contributed by atoms with E-state index in [0.717, 1.165) is 38.0 Å². The third-order valence-corrected chi connectivity index (χ3v) is 5.74. The molecule has 1 saturated heterocycles. The molecular weight excluding hydrogens is 437 g/mol. The molecule has 34 heavy (non-hydrogen) atoms. The van der Waals surface area contributed by atoms with Crippen LogP contribution in [0.2, 0.25) is 0 Å². The number of piperidine rings is 1. The predicted molar refractivity (Wildman–Crippen MR) is 125 cm³/mol. The first-order valence-electron chi connectivity index (χ1n) is 11.1. The van der Waals surface area contributed by atoms with Crippen LogP contribution < -0.4 is 15.4 Å². The second-order valence-electron chi connectivity index (χ2n) is 8.09. The number of halogens is 1. The normalized spacial score (nSPS) is 14.4. The Morgan fingerprint density at radius 2 is 1.68 bits per heavy atom. The van der Waals surface area contributed by atoms with Crippen LogP contribution in [0.4, 0.5) is 10.2 Å². The third kappa shape index (κ3) is 5.93. The van der Waals surface area contributed by atoms with Crippen molar-refractivity contribution < 1.29 is 18.7 Å². The number of anilines is 1. The summed E-state index contributed by atoms with van der Waals surface area (Å²) in [5, 5.41) is 5.68. The molecule has 2 amide bonds. The molecule has 0 atom stereocenters. The molecule has 0 aliphatic carbocycles. The zero-order chi connectivity index (χ0) is 23.9. The molecule has 1 fully saturated rings. The molecule has 1 aliphatic rings. The van der Waals surface area contributed by atoms with Crippen molar-refractivity contribution in [3.05, 3.63) is 83.6 Å². The molecular formula is C25H26FN5O3. The molecule has 3 aromatic rings. The van der Waals surface area contributed by atoms with Crippen molar-refractivity contribution in [2.24, 2.45) is 0 Å². The van der Waals surface area contributed by atoms with E-state index in [1.165, 1.54) is 24.5 Å². The Labute approximate surface area is 197 Å². The van der Waals surface area contributed by atoms with Crippen molar-refractivity contribution in [2.45, 2.75) is 25.4 Å². The minimum absolute atomic E-state index is 0.0101. The minimum atomic E-state index is -0.397. The summed E-state index contributed by atoms with van der Waals surface area (Å²) in [6, 6.07) is 13.1. The molecule has 0 bridgehead atoms. The fraction of sp³-hybridized carbons (Fsp3) is 0.280. The number of aromatic nitrogens is 2. The number of carbonyl (C=O) groups is 2. The van der Waals surface area contributed by atoms with E-state index in [0.29, 0.717) is 11.3 Å². The molecule has 1 aromatic heterocycles. The lowest BCUT2D eigenvalue weighted by Gasteiger charge is -2.32. The maximum atomic E-state index is 13.1. The maximum absolute atomic E-state index is 13.1. The fourth-order valence-corrected chi connectivity index (χ4v) is 3.85. The SMILES string of the molecule is COc1ccc(C(=O)Nc2nccnc2C(=O)NC2CCN(Cc3ccc(F)cc3)CC2)cc1. The van der Waals surface area contributed by atoms with E-state index in [1.807, 2.05) is 0 Å². The maximum Gasteiger partial charge on any atom is 0.273 e. The second kappa shape index (κ2) is 10.8. The van der Waals surface area contributed by atoms with E-state index in [2.05, 4.69) is 25.5 Å². The average Bonchev–Trinajstić information content (AvgIpc) is 2.87. The molecule has 0 saturated carbocycles. The number of ether oxygens (including phenoxy) is 1. The van der Waals surface area contributed by atoms with E-state index in [4.69, 9.17) is 4.74 Å². The Morgan fingerprint density at radius 1 is 1.00 bits per heavy atom. The van der Waals surface area contributed by atoms with E-state index in [-0.39, 0.29) is 29.3 Å². The Bertz CT molecular complexity index is 1130. The number of rotatable bonds is 7. The van der Waals surface area contributed by atoms with Crippen LogP contribution in [-0.2, 0) is 6.54 Å². The first-order valence-corrected chi connectivity index (χ1v) is 11.1. The number of likely N-dealkylation sites (tertiary alicyclic amines) is 1. The van der Waals surface area contributed by atoms with Crippen LogP contribution in [0.3, 0.4) is 0 Å². The summed E-state index contributed by atoms with van der Waals surface area (Å²) in [6.07, 6.45) is 4.40. The van der Waals surface area contributed by atoms with E-state index >= 15 is 0 Å². The summed E-state index contributed by atoms with van der Waals surface area (Å²) in [7, 11) is 1.55. The highest BCUT2D eigenvalue weighted by atomic mass is 19.1. The van der Waals surface area contributed by atoms with Gasteiger partial charge in [-0.05, 0) is 54.8 Å². The molecule has 0 unspecified atom stereocenters. The highest BCUT2D eigenvalue weighted by Gasteiger charge is 2.24. The zero-order valence-electron chi connectivity index (χ0n) is 18.8. The summed E-state index contributed by atoms with van der Waals surface area (Å²) in [6.45, 7) is 2.36. The highest BCUT2D eigenvalue weighted by Crippen LogP contribution is 2.17. The lowest BCUT2D eigenvalue weighted by atomic mass is 10.0. The molecule has 1 aliphatic heterocycles. The van der Waals surface area contributed by atoms with Gasteiger partial charge in [-0.2, -0.15) is 0 Å². The Hall–Kier alpha value is -3.85. The molecule has 2 heterocycles. The number of nitrogens with one attached hydrogen (secondary N) is 2. The van der Waals surface area contributed by atoms with Crippen molar-refractivity contribution in [1.29, 1.82) is 0 Å². The highest BCUT2D eigenvalue weighted by molar-refractivity contribution is 6.07. The summed E-state index contributed by atoms with van der Waals surface area (Å²) >= 11 is 0. The zero-order valence-corrected chi connectivity index (χ0v) is 18.8. The summed E-state index contributed by atoms with van der Waals surface area (Å²) < 4.78 is 18.2. The van der Waals surface area contributed by atoms with E-state index in [1.54, 1.807) is 43.5 Å². The van der Waals surface area contributed by atoms with Crippen LogP contribution >= 0.6 is 0 Å². The number of hydrogen-bond acceptors (Lipinski definition) is 6. The van der Waals surface area contributed by atoms with Gasteiger partial charge in [-0.15, -0.1) is 0 Å². The van der Waals surface area contributed by atoms with Crippen LogP contribution in [0.5, 0.6) is 5.75 Å². The average molecular weight is 464 g/mol. The third-order valence-electron chi connectivity index (χ3n) is 5.74. The number of nitrogens with zero attached hydrogens (tertiary/aromatic N) is 3. The van der Waals surface area contributed by atoms with Gasteiger partial charge >= 0.3 is 0 Å². The van der Waals surface area contributed by atoms with Crippen LogP contribution in [0.15, 0.2) is 60.9 Å². The van der Waals surface area contributed by atoms with Crippen molar-refractivity contribution in [1.82, 2.24) is 20.2 Å². The molecule has 4 rings (SSSR count). The first-order chi connectivity index (χ1) is 16.5. The predicted octanol–water partition coefficient (Wildman–Crippen LogP) is 3.27. The smallest absolute Gasteiger partial charge is 0.273 e. The summed E-state index contributed by atoms with van der Waals surface area (Å²) in [4.78, 5) is 36.1. The number of hydrogen-bond donors (Lipinski definition) is 2. The number of methoxy groups -OCH3 is 1. The van der Waals surface area contributed by atoms with Gasteiger partial charge in [-0.3, -0.25) is 14.5 Å². The van der Waals surface area contributed by atoms with Gasteiger partial charge in [0.15, 0.2) is 11.5 Å². The number of carbonyl (C=O) groups excluding carboxylic acids is 2. The topological polar surface area (TPSA) is 96.5 Å². The lowest BCUT2D eigenvalue weighted by Crippen LogP contribution is -2.44. The Morgan fingerprint density at radius 3 is 2.35 bits per heavy atom. The molecule has 2 aromatic carbocycles. The number of amides is 2. The minimum Gasteiger partial charge on any atom is -0.497 e. The number of benzene rings is 2. The molecule has 0 radical (unpaired) electrons. The van der Waals surface area contributed by atoms with Crippen LogP contribution in [0.1, 0.15) is 39.3 Å². The molecule has 176 valence electrons. The van der Waals surface area contributed by atoms with Gasteiger partial charge in [0.25, 0.3) is 11.8 Å². The van der Waals surface area contributed by atoms with Gasteiger partial charge in [0, 0.05) is 43.6 Å². The van der Waals surface area contributed by atoms with Crippen molar-refractivity contribution >= 4 is 17.6 Å². The first kappa shape index (κ1) is 23.3. The molecule has 9 heteroatoms. The van der Waals surface area contributed by atoms with Gasteiger partial charge in [0.1, 0.15) is 11.6 Å². The van der Waals surface area contributed by atoms with Gasteiger partial charge in [-0.25, -0.2) is 14.4 Å². The van der Waals surface area contributed by atoms with Crippen molar-refractivity contribution in [2.75, 3.05) is 25.5 Å². The van der Waals surface area contributed by atoms with Gasteiger partial charge < -0.3 is 15.4 Å². The van der Waals surface area contributed by atoms with Crippen molar-refractivity contribution in [3.8, 4) is 5.75 Å². The van der Waals surface area contributed by atoms with Crippen LogP contribution in [0.25, 0.3) is 0 Å². The van der Waals surface area contributed by atoms with E-state index in [9.17, 15) is 14.0 Å². The van der Waals surface area contributed by atoms with Gasteiger partial charge in [-0.1, -0.05) is 12.1 Å². The second-order valence-corrected chi connectivity index (χ2v) is 8.09. The van der Waals surface area contributed by atoms with Gasteiger partial charge in [0.2, 0.25) is 0 Å². The van der Waals surface area contributed by atoms with E-state index < -0.39 is 5.91 Å². The monoisotopic (exact) mass is 463 g/mol. The van der Waals surface area contributed by atoms with Crippen molar-refractivity contribution in [3.63, 3.8) is 0 Å². The van der Waals surface area contributed by atoms with Crippen LogP contribution in [-0.4, -0.2) is 52.9 Å². The quantitative estimate of drug-likeness (QED) is 0.558. The largest absolute Gasteiger partial charge is 0.497 e. The Kier molecular flexibility index (Phi) is 7.44. The lowest BCUT2D eigenvalue weighted by molar-refractivity contribution is 0.0904. The molecule has 8 nitrogen and oxygen atoms in total. The summed E-state index contributed by atoms with van der Waals surface area (Å²) in [5.74, 6) is -0.274. The van der Waals surface area contributed by atoms with Gasteiger partial charge in [0.05, 0.1) is 7.11 Å². The summed E-state index contributed by atoms with van der Waals surface area (Å²) in [5.41, 5.74) is 1.53. The molecule has 2 N–H and O–H groups in total. The molecule has 0 spiro atoms. The van der Waals surface area contributed by atoms with Crippen LogP contribution in [0, 0.1) is 5.82 Å². The Balaban J connectivity index is 1.33. The standard InChI is InChI=1S/C25H26FN5O3/c1-34-21-8-4-18(5-9-21)24(32)30-23-22(27-12-13-28-23)25(33)29-20-10-14-31(15-11-20)16-17-2-6-19(26)7-3-17/h2-9,12-13,20H,10-11,14-16H2,1H3,(H,29,33)(H,28,30,32). The fourth-order valence-electron chi connectivity index (χ4n) is 3.85.